The highest BCUT2D eigenvalue weighted by molar-refractivity contribution is 8.00. The monoisotopic (exact) mass is 533 g/mol. The molecule has 0 amide bonds. The number of anilines is 1. The molecule has 36 heavy (non-hydrogen) atoms. The minimum Gasteiger partial charge on any atom is -0.372 e. The maximum absolute atomic E-state index is 5.85. The summed E-state index contributed by atoms with van der Waals surface area (Å²) in [6, 6.07) is 15.6. The van der Waals surface area contributed by atoms with E-state index in [1.165, 1.54) is 36.8 Å². The van der Waals surface area contributed by atoms with Crippen LogP contribution in [0.1, 0.15) is 78.4 Å². The van der Waals surface area contributed by atoms with Crippen LogP contribution in [0.3, 0.4) is 0 Å². The fourth-order valence-electron chi connectivity index (χ4n) is 4.10. The first-order valence-corrected chi connectivity index (χ1v) is 14.8. The van der Waals surface area contributed by atoms with Gasteiger partial charge < -0.3 is 14.9 Å². The lowest BCUT2D eigenvalue weighted by atomic mass is 9.85. The molecule has 3 nitrogen and oxygen atoms in total. The molecule has 2 aromatic carbocycles. The van der Waals surface area contributed by atoms with Gasteiger partial charge in [0.25, 0.3) is 0 Å². The van der Waals surface area contributed by atoms with Crippen LogP contribution >= 0.6 is 23.5 Å². The van der Waals surface area contributed by atoms with Crippen LogP contribution in [0.5, 0.6) is 0 Å². The Balaban J connectivity index is 0.000000586. The Morgan fingerprint density at radius 1 is 1.06 bits per heavy atom. The number of nitrogens with zero attached hydrogens (tertiary/aromatic N) is 1. The van der Waals surface area contributed by atoms with Crippen molar-refractivity contribution < 1.29 is 0 Å². The van der Waals surface area contributed by atoms with E-state index in [9.17, 15) is 0 Å². The molecule has 1 saturated heterocycles. The molecule has 1 aliphatic heterocycles. The molecule has 1 fully saturated rings. The van der Waals surface area contributed by atoms with Crippen LogP contribution in [-0.4, -0.2) is 30.6 Å². The van der Waals surface area contributed by atoms with Crippen molar-refractivity contribution in [2.45, 2.75) is 98.1 Å². The third kappa shape index (κ3) is 12.6. The molecule has 2 aromatic rings. The predicted octanol–water partition coefficient (Wildman–Crippen LogP) is 9.75. The standard InChI is InChI=1S/C14H14ClNS.C12H24N2.C3H8.C2H6/c1-10-3-4-11(2)14(9-10)16-17-13-7-5-12(15)6-8-13;1-5-12-8-7-11(9-13-4)10(3)14(12)6-2;1-3-2;1-2/h3-9,16H,1-2H3;6,10-13H,2,5,7-9H2,1,3-4H3;3H2,1-2H3;1-2H3. The first kappa shape index (κ1) is 34.4. The van der Waals surface area contributed by atoms with E-state index < -0.39 is 0 Å². The molecule has 3 rings (SSSR count). The lowest BCUT2D eigenvalue weighted by molar-refractivity contribution is 0.0946. The number of rotatable bonds is 7. The summed E-state index contributed by atoms with van der Waals surface area (Å²) < 4.78 is 3.36. The van der Waals surface area contributed by atoms with Crippen LogP contribution in [0.25, 0.3) is 0 Å². The summed E-state index contributed by atoms with van der Waals surface area (Å²) >= 11 is 7.44. The summed E-state index contributed by atoms with van der Waals surface area (Å²) in [5, 5.41) is 4.05. The molecule has 2 N–H and O–H groups in total. The molecule has 3 atom stereocenters. The van der Waals surface area contributed by atoms with E-state index in [2.05, 4.69) is 81.3 Å². The van der Waals surface area contributed by atoms with E-state index in [0.29, 0.717) is 6.04 Å². The smallest absolute Gasteiger partial charge is 0.0475 e. The second-order valence-electron chi connectivity index (χ2n) is 9.01. The Labute approximate surface area is 232 Å². The quantitative estimate of drug-likeness (QED) is 0.346. The molecule has 0 saturated carbocycles. The van der Waals surface area contributed by atoms with Crippen molar-refractivity contribution in [3.8, 4) is 0 Å². The molecule has 5 heteroatoms. The van der Waals surface area contributed by atoms with Crippen molar-refractivity contribution in [3.63, 3.8) is 0 Å². The third-order valence-corrected chi connectivity index (χ3v) is 7.16. The molecular weight excluding hydrogens is 482 g/mol. The van der Waals surface area contributed by atoms with Gasteiger partial charge in [-0.15, -0.1) is 0 Å². The number of piperidine rings is 1. The maximum Gasteiger partial charge on any atom is 0.0475 e. The molecule has 204 valence electrons. The van der Waals surface area contributed by atoms with E-state index in [-0.39, 0.29) is 0 Å². The molecule has 0 radical (unpaired) electrons. The Morgan fingerprint density at radius 2 is 1.67 bits per heavy atom. The highest BCUT2D eigenvalue weighted by Gasteiger charge is 2.30. The molecule has 0 aromatic heterocycles. The zero-order valence-corrected chi connectivity index (χ0v) is 25.9. The van der Waals surface area contributed by atoms with Crippen LogP contribution in [0.4, 0.5) is 5.69 Å². The molecule has 1 heterocycles. The summed E-state index contributed by atoms with van der Waals surface area (Å²) in [6.07, 6.45) is 7.19. The fraction of sp³-hybridized carbons (Fsp3) is 0.548. The normalized spacial score (nSPS) is 18.4. The van der Waals surface area contributed by atoms with E-state index in [4.69, 9.17) is 11.6 Å². The van der Waals surface area contributed by atoms with Crippen molar-refractivity contribution in [3.05, 3.63) is 71.4 Å². The minimum absolute atomic E-state index is 0.638. The Bertz CT molecular complexity index is 825. The number of benzene rings is 2. The summed E-state index contributed by atoms with van der Waals surface area (Å²) in [5.74, 6) is 0.779. The van der Waals surface area contributed by atoms with Crippen LogP contribution < -0.4 is 10.0 Å². The predicted molar refractivity (Wildman–Crippen MR) is 166 cm³/mol. The minimum atomic E-state index is 0.638. The number of hydrogen-bond acceptors (Lipinski definition) is 4. The van der Waals surface area contributed by atoms with Gasteiger partial charge in [0.2, 0.25) is 0 Å². The van der Waals surface area contributed by atoms with Gasteiger partial charge in [-0.3, -0.25) is 0 Å². The van der Waals surface area contributed by atoms with E-state index in [0.717, 1.165) is 34.1 Å². The molecule has 0 aliphatic carbocycles. The van der Waals surface area contributed by atoms with Gasteiger partial charge in [-0.2, -0.15) is 0 Å². The highest BCUT2D eigenvalue weighted by Crippen LogP contribution is 2.29. The molecule has 0 spiro atoms. The largest absolute Gasteiger partial charge is 0.372 e. The molecule has 0 bridgehead atoms. The summed E-state index contributed by atoms with van der Waals surface area (Å²) in [7, 11) is 2.04. The highest BCUT2D eigenvalue weighted by atomic mass is 35.5. The summed E-state index contributed by atoms with van der Waals surface area (Å²) in [5.41, 5.74) is 3.66. The van der Waals surface area contributed by atoms with Crippen LogP contribution in [0.2, 0.25) is 5.02 Å². The number of likely N-dealkylation sites (tertiary alicyclic amines) is 1. The number of nitrogens with one attached hydrogen (secondary N) is 2. The van der Waals surface area contributed by atoms with Crippen molar-refractivity contribution >= 4 is 29.2 Å². The first-order valence-electron chi connectivity index (χ1n) is 13.6. The molecule has 3 unspecified atom stereocenters. The van der Waals surface area contributed by atoms with Crippen molar-refractivity contribution in [2.75, 3.05) is 18.3 Å². The zero-order valence-electron chi connectivity index (χ0n) is 24.3. The van der Waals surface area contributed by atoms with Gasteiger partial charge in [-0.05, 0) is 119 Å². The first-order chi connectivity index (χ1) is 17.3. The Morgan fingerprint density at radius 3 is 2.19 bits per heavy atom. The van der Waals surface area contributed by atoms with Gasteiger partial charge in [0.05, 0.1) is 0 Å². The van der Waals surface area contributed by atoms with E-state index in [1.54, 1.807) is 11.9 Å². The fourth-order valence-corrected chi connectivity index (χ4v) is 4.95. The van der Waals surface area contributed by atoms with Gasteiger partial charge in [0.15, 0.2) is 0 Å². The lowest BCUT2D eigenvalue weighted by Gasteiger charge is -2.44. The second-order valence-corrected chi connectivity index (χ2v) is 10.3. The maximum atomic E-state index is 5.85. The van der Waals surface area contributed by atoms with Crippen molar-refractivity contribution in [1.29, 1.82) is 0 Å². The van der Waals surface area contributed by atoms with Gasteiger partial charge >= 0.3 is 0 Å². The van der Waals surface area contributed by atoms with Gasteiger partial charge in [0, 0.05) is 27.7 Å². The number of aryl methyl sites for hydroxylation is 2. The Hall–Kier alpha value is -1.62. The topological polar surface area (TPSA) is 27.3 Å². The Kier molecular flexibility index (Phi) is 19.5. The van der Waals surface area contributed by atoms with Gasteiger partial charge in [-0.25, -0.2) is 0 Å². The van der Waals surface area contributed by atoms with Crippen molar-refractivity contribution in [1.82, 2.24) is 10.2 Å². The molecule has 1 aliphatic rings. The van der Waals surface area contributed by atoms with Gasteiger partial charge in [0.1, 0.15) is 0 Å². The van der Waals surface area contributed by atoms with Crippen molar-refractivity contribution in [2.24, 2.45) is 5.92 Å². The van der Waals surface area contributed by atoms with E-state index >= 15 is 0 Å². The average molecular weight is 534 g/mol. The van der Waals surface area contributed by atoms with Crippen LogP contribution in [-0.2, 0) is 0 Å². The SMILES string of the molecule is C=CN1C(CC)CCC(CNC)C1C.CC.CCC.Cc1ccc(C)c(NSc2ccc(Cl)cc2)c1. The second kappa shape index (κ2) is 20.4. The lowest BCUT2D eigenvalue weighted by Crippen LogP contribution is -2.48. The zero-order chi connectivity index (χ0) is 27.5. The average Bonchev–Trinajstić information content (AvgIpc) is 2.89. The van der Waals surface area contributed by atoms with E-state index in [1.807, 2.05) is 51.4 Å². The third-order valence-electron chi connectivity index (χ3n) is 6.08. The summed E-state index contributed by atoms with van der Waals surface area (Å²) in [6.45, 7) is 22.1. The van der Waals surface area contributed by atoms with Crippen LogP contribution in [0.15, 0.2) is 60.1 Å². The van der Waals surface area contributed by atoms with Gasteiger partial charge in [-0.1, -0.05) is 71.4 Å². The summed E-state index contributed by atoms with van der Waals surface area (Å²) in [4.78, 5) is 3.60. The molecular formula is C31H52ClN3S. The number of halogens is 1. The number of hydrogen-bond donors (Lipinski definition) is 2. The van der Waals surface area contributed by atoms with Crippen LogP contribution in [0, 0.1) is 19.8 Å².